The van der Waals surface area contributed by atoms with Crippen molar-refractivity contribution in [1.82, 2.24) is 15.5 Å². The summed E-state index contributed by atoms with van der Waals surface area (Å²) in [5.74, 6) is -1.21. The number of rotatable bonds is 8. The van der Waals surface area contributed by atoms with Gasteiger partial charge >= 0.3 is 5.97 Å². The van der Waals surface area contributed by atoms with E-state index in [1.54, 1.807) is 0 Å². The van der Waals surface area contributed by atoms with E-state index in [4.69, 9.17) is 5.11 Å². The van der Waals surface area contributed by atoms with Gasteiger partial charge in [-0.25, -0.2) is 0 Å². The maximum atomic E-state index is 12.3. The lowest BCUT2D eigenvalue weighted by Gasteiger charge is -2.30. The largest absolute Gasteiger partial charge is 0.481 e. The van der Waals surface area contributed by atoms with E-state index in [1.807, 2.05) is 0 Å². The maximum absolute atomic E-state index is 12.3. The first kappa shape index (κ1) is 19.4. The van der Waals surface area contributed by atoms with E-state index in [-0.39, 0.29) is 49.2 Å². The third kappa shape index (κ3) is 7.97. The second kappa shape index (κ2) is 8.86. The molecule has 0 bridgehead atoms. The number of carboxylic acids is 1. The number of likely N-dealkylation sites (tertiary alicyclic amines) is 1. The lowest BCUT2D eigenvalue weighted by Crippen LogP contribution is -2.46. The van der Waals surface area contributed by atoms with Crippen molar-refractivity contribution >= 4 is 17.8 Å². The van der Waals surface area contributed by atoms with Crippen molar-refractivity contribution in [2.75, 3.05) is 26.2 Å². The number of nitrogens with zero attached hydrogens (tertiary/aromatic N) is 1. The summed E-state index contributed by atoms with van der Waals surface area (Å²) in [6.45, 7) is 8.67. The van der Waals surface area contributed by atoms with Gasteiger partial charge in [0.1, 0.15) is 0 Å². The maximum Gasteiger partial charge on any atom is 0.305 e. The molecular weight excluding hydrogens is 298 g/mol. The molecule has 23 heavy (non-hydrogen) atoms. The van der Waals surface area contributed by atoms with Crippen LogP contribution >= 0.6 is 0 Å². The first-order valence-electron chi connectivity index (χ1n) is 8.19. The van der Waals surface area contributed by atoms with Gasteiger partial charge in [-0.15, -0.1) is 0 Å². The summed E-state index contributed by atoms with van der Waals surface area (Å²) in [5, 5.41) is 13.8. The Morgan fingerprint density at radius 2 is 1.78 bits per heavy atom. The Bertz CT molecular complexity index is 432. The molecule has 0 saturated carbocycles. The monoisotopic (exact) mass is 327 g/mol. The van der Waals surface area contributed by atoms with E-state index in [1.165, 1.54) is 0 Å². The Kier molecular flexibility index (Phi) is 7.48. The Labute approximate surface area is 137 Å². The van der Waals surface area contributed by atoms with E-state index in [9.17, 15) is 14.4 Å². The normalized spacial score (nSPS) is 18.7. The molecule has 0 spiro atoms. The topological polar surface area (TPSA) is 98.7 Å². The van der Waals surface area contributed by atoms with E-state index < -0.39 is 5.97 Å². The fourth-order valence-corrected chi connectivity index (χ4v) is 2.74. The summed E-state index contributed by atoms with van der Waals surface area (Å²) in [5.41, 5.74) is 0.146. The molecule has 0 aromatic heterocycles. The van der Waals surface area contributed by atoms with E-state index >= 15 is 0 Å². The lowest BCUT2D eigenvalue weighted by atomic mass is 9.95. The van der Waals surface area contributed by atoms with Gasteiger partial charge in [0.25, 0.3) is 0 Å². The van der Waals surface area contributed by atoms with Gasteiger partial charge in [0.15, 0.2) is 0 Å². The van der Waals surface area contributed by atoms with Gasteiger partial charge in [-0.3, -0.25) is 19.3 Å². The Balaban J connectivity index is 2.27. The van der Waals surface area contributed by atoms with Crippen LogP contribution in [0.2, 0.25) is 0 Å². The Morgan fingerprint density at radius 3 is 2.39 bits per heavy atom. The number of nitrogens with one attached hydrogen (secondary N) is 2. The molecule has 0 aliphatic carbocycles. The third-order valence-corrected chi connectivity index (χ3v) is 3.66. The first-order valence-corrected chi connectivity index (χ1v) is 8.19. The van der Waals surface area contributed by atoms with Crippen LogP contribution in [0.3, 0.4) is 0 Å². The molecule has 7 heteroatoms. The van der Waals surface area contributed by atoms with Gasteiger partial charge in [0.2, 0.25) is 11.8 Å². The van der Waals surface area contributed by atoms with E-state index in [2.05, 4.69) is 36.3 Å². The van der Waals surface area contributed by atoms with Crippen molar-refractivity contribution in [3.8, 4) is 0 Å². The quantitative estimate of drug-likeness (QED) is 0.606. The molecular formula is C16H29N3O4. The van der Waals surface area contributed by atoms with Crippen molar-refractivity contribution in [1.29, 1.82) is 0 Å². The standard InChI is InChI=1S/C16H29N3O4/c1-16(2,3)11-19-10-4-5-12(19)15(23)18-8-6-13(20)17-9-7-14(21)22/h12H,4-11H2,1-3H3,(H,17,20)(H,18,23)(H,21,22)/t12-/m0/s1. The van der Waals surface area contributed by atoms with Crippen LogP contribution in [0.1, 0.15) is 46.5 Å². The van der Waals surface area contributed by atoms with Crippen molar-refractivity contribution in [2.24, 2.45) is 5.41 Å². The Hall–Kier alpha value is -1.63. The first-order chi connectivity index (χ1) is 10.7. The number of hydrogen-bond donors (Lipinski definition) is 3. The molecule has 1 fully saturated rings. The highest BCUT2D eigenvalue weighted by Gasteiger charge is 2.32. The summed E-state index contributed by atoms with van der Waals surface area (Å²) in [6.07, 6.45) is 1.94. The average Bonchev–Trinajstić information content (AvgIpc) is 2.84. The fourth-order valence-electron chi connectivity index (χ4n) is 2.74. The number of carboxylic acid groups (broad SMARTS) is 1. The summed E-state index contributed by atoms with van der Waals surface area (Å²) in [4.78, 5) is 36.3. The number of hydrogen-bond acceptors (Lipinski definition) is 4. The van der Waals surface area contributed by atoms with Crippen LogP contribution in [0.25, 0.3) is 0 Å². The summed E-state index contributed by atoms with van der Waals surface area (Å²) >= 11 is 0. The van der Waals surface area contributed by atoms with Gasteiger partial charge in [0.05, 0.1) is 12.5 Å². The lowest BCUT2D eigenvalue weighted by molar-refractivity contribution is -0.137. The predicted octanol–water partition coefficient (Wildman–Crippen LogP) is 0.594. The summed E-state index contributed by atoms with van der Waals surface area (Å²) in [7, 11) is 0. The van der Waals surface area contributed by atoms with Crippen LogP contribution in [0, 0.1) is 5.41 Å². The second-order valence-electron chi connectivity index (χ2n) is 7.22. The number of carbonyl (C=O) groups is 3. The van der Waals surface area contributed by atoms with Crippen LogP contribution in [0.4, 0.5) is 0 Å². The van der Waals surface area contributed by atoms with Crippen LogP contribution in [0.15, 0.2) is 0 Å². The van der Waals surface area contributed by atoms with E-state index in [0.717, 1.165) is 25.9 Å². The number of aliphatic carboxylic acids is 1. The molecule has 1 rings (SSSR count). The van der Waals surface area contributed by atoms with Crippen LogP contribution in [-0.2, 0) is 14.4 Å². The van der Waals surface area contributed by atoms with Crippen LogP contribution in [0.5, 0.6) is 0 Å². The van der Waals surface area contributed by atoms with Crippen molar-refractivity contribution < 1.29 is 19.5 Å². The highest BCUT2D eigenvalue weighted by Crippen LogP contribution is 2.23. The van der Waals surface area contributed by atoms with E-state index in [0.29, 0.717) is 0 Å². The Morgan fingerprint density at radius 1 is 1.13 bits per heavy atom. The molecule has 0 aromatic rings. The molecule has 1 heterocycles. The molecule has 7 nitrogen and oxygen atoms in total. The smallest absolute Gasteiger partial charge is 0.305 e. The zero-order valence-electron chi connectivity index (χ0n) is 14.4. The summed E-state index contributed by atoms with van der Waals surface area (Å²) in [6, 6.07) is -0.107. The molecule has 132 valence electrons. The van der Waals surface area contributed by atoms with Gasteiger partial charge < -0.3 is 15.7 Å². The molecule has 1 atom stereocenters. The zero-order valence-corrected chi connectivity index (χ0v) is 14.4. The molecule has 1 aliphatic heterocycles. The third-order valence-electron chi connectivity index (χ3n) is 3.66. The van der Waals surface area contributed by atoms with Gasteiger partial charge in [-0.2, -0.15) is 0 Å². The van der Waals surface area contributed by atoms with Gasteiger partial charge in [0, 0.05) is 26.1 Å². The predicted molar refractivity (Wildman–Crippen MR) is 86.9 cm³/mol. The summed E-state index contributed by atoms with van der Waals surface area (Å²) < 4.78 is 0. The zero-order chi connectivity index (χ0) is 17.5. The molecule has 2 amide bonds. The van der Waals surface area contributed by atoms with Crippen molar-refractivity contribution in [2.45, 2.75) is 52.5 Å². The van der Waals surface area contributed by atoms with Crippen LogP contribution in [-0.4, -0.2) is 60.0 Å². The van der Waals surface area contributed by atoms with Crippen molar-refractivity contribution in [3.05, 3.63) is 0 Å². The molecule has 0 unspecified atom stereocenters. The van der Waals surface area contributed by atoms with Gasteiger partial charge in [-0.05, 0) is 24.8 Å². The SMILES string of the molecule is CC(C)(C)CN1CCC[C@H]1C(=O)NCCC(=O)NCCC(=O)O. The molecule has 1 saturated heterocycles. The van der Waals surface area contributed by atoms with Crippen molar-refractivity contribution in [3.63, 3.8) is 0 Å². The number of amides is 2. The second-order valence-corrected chi connectivity index (χ2v) is 7.22. The fraction of sp³-hybridized carbons (Fsp3) is 0.812. The minimum absolute atomic E-state index is 0.0231. The molecule has 0 radical (unpaired) electrons. The van der Waals surface area contributed by atoms with Crippen LogP contribution < -0.4 is 10.6 Å². The highest BCUT2D eigenvalue weighted by atomic mass is 16.4. The van der Waals surface area contributed by atoms with Gasteiger partial charge in [-0.1, -0.05) is 20.8 Å². The average molecular weight is 327 g/mol. The minimum atomic E-state index is -0.946. The minimum Gasteiger partial charge on any atom is -0.481 e. The molecule has 1 aliphatic rings. The highest BCUT2D eigenvalue weighted by molar-refractivity contribution is 5.83. The molecule has 0 aromatic carbocycles. The number of carbonyl (C=O) groups excluding carboxylic acids is 2. The molecule has 3 N–H and O–H groups in total.